The fourth-order valence-corrected chi connectivity index (χ4v) is 4.71. The van der Waals surface area contributed by atoms with Crippen LogP contribution in [0, 0.1) is 6.92 Å². The molecule has 178 valence electrons. The molecule has 0 radical (unpaired) electrons. The summed E-state index contributed by atoms with van der Waals surface area (Å²) in [5, 5.41) is 4.11. The van der Waals surface area contributed by atoms with Crippen LogP contribution in [0.1, 0.15) is 50.9 Å². The van der Waals surface area contributed by atoms with Gasteiger partial charge in [-0.25, -0.2) is 0 Å². The molecule has 0 saturated heterocycles. The summed E-state index contributed by atoms with van der Waals surface area (Å²) in [6, 6.07) is 18.2. The SMILES string of the molecule is COc1cccc(CNC(=O)c2oc3ccc4c(c3c2C)C(=O)CC(C)(c2ccc(Cl)cc2)O4)c1. The molecular formula is C28H24ClNO5. The number of methoxy groups -OCH3 is 1. The fourth-order valence-electron chi connectivity index (χ4n) is 4.58. The number of aryl methyl sites for hydroxylation is 1. The standard InChI is InChI=1S/C28H24ClNO5/c1-16-24-22(34-26(16)27(32)30-15-17-5-4-6-20(13-17)33-3)11-12-23-25(24)21(31)14-28(2,35-23)18-7-9-19(29)10-8-18/h4-13H,14-15H2,1-3H3,(H,30,32). The quantitative estimate of drug-likeness (QED) is 0.360. The van der Waals surface area contributed by atoms with Crippen molar-refractivity contribution in [1.29, 1.82) is 0 Å². The van der Waals surface area contributed by atoms with E-state index in [2.05, 4.69) is 5.32 Å². The number of furan rings is 1. The molecule has 3 aromatic carbocycles. The van der Waals surface area contributed by atoms with Crippen molar-refractivity contribution in [2.45, 2.75) is 32.4 Å². The largest absolute Gasteiger partial charge is 0.497 e. The number of carbonyl (C=O) groups is 2. The Morgan fingerprint density at radius 1 is 1.14 bits per heavy atom. The van der Waals surface area contributed by atoms with Crippen molar-refractivity contribution in [3.05, 3.63) is 93.7 Å². The summed E-state index contributed by atoms with van der Waals surface area (Å²) in [4.78, 5) is 26.4. The van der Waals surface area contributed by atoms with Crippen LogP contribution in [-0.2, 0) is 12.1 Å². The minimum atomic E-state index is -0.822. The first-order chi connectivity index (χ1) is 16.8. The Morgan fingerprint density at radius 2 is 1.91 bits per heavy atom. The fraction of sp³-hybridized carbons (Fsp3) is 0.214. The van der Waals surface area contributed by atoms with Gasteiger partial charge in [0.15, 0.2) is 11.5 Å². The summed E-state index contributed by atoms with van der Waals surface area (Å²) in [6.07, 6.45) is 0.155. The lowest BCUT2D eigenvalue weighted by molar-refractivity contribution is 0.0507. The maximum absolute atomic E-state index is 13.4. The number of amides is 1. The monoisotopic (exact) mass is 489 g/mol. The number of rotatable bonds is 5. The second-order valence-electron chi connectivity index (χ2n) is 8.84. The molecule has 0 spiro atoms. The van der Waals surface area contributed by atoms with E-state index in [4.69, 9.17) is 25.5 Å². The van der Waals surface area contributed by atoms with Gasteiger partial charge in [0, 0.05) is 22.5 Å². The number of hydrogen-bond acceptors (Lipinski definition) is 5. The smallest absolute Gasteiger partial charge is 0.287 e. The molecule has 1 unspecified atom stereocenters. The third-order valence-corrected chi connectivity index (χ3v) is 6.67. The Kier molecular flexibility index (Phi) is 5.77. The molecule has 4 aromatic rings. The van der Waals surface area contributed by atoms with Crippen LogP contribution in [-0.4, -0.2) is 18.8 Å². The van der Waals surface area contributed by atoms with E-state index < -0.39 is 5.60 Å². The number of Topliss-reactive ketones (excluding diaryl/α,β-unsaturated/α-hetero) is 1. The van der Waals surface area contributed by atoms with Crippen LogP contribution in [0.3, 0.4) is 0 Å². The lowest BCUT2D eigenvalue weighted by atomic mass is 9.84. The number of benzene rings is 3. The molecule has 2 heterocycles. The highest BCUT2D eigenvalue weighted by atomic mass is 35.5. The molecule has 1 amide bonds. The molecule has 0 aliphatic carbocycles. The van der Waals surface area contributed by atoms with Crippen molar-refractivity contribution in [1.82, 2.24) is 5.32 Å². The van der Waals surface area contributed by atoms with Crippen molar-refractivity contribution in [2.24, 2.45) is 0 Å². The predicted molar refractivity (Wildman–Crippen MR) is 133 cm³/mol. The van der Waals surface area contributed by atoms with E-state index in [1.165, 1.54) is 0 Å². The van der Waals surface area contributed by atoms with Crippen LogP contribution in [0.4, 0.5) is 0 Å². The number of ketones is 1. The van der Waals surface area contributed by atoms with Gasteiger partial charge in [-0.05, 0) is 61.4 Å². The molecule has 1 N–H and O–H groups in total. The number of halogens is 1. The van der Waals surface area contributed by atoms with E-state index in [1.807, 2.05) is 43.3 Å². The highest BCUT2D eigenvalue weighted by molar-refractivity contribution is 6.30. The van der Waals surface area contributed by atoms with Gasteiger partial charge in [-0.15, -0.1) is 0 Å². The molecule has 35 heavy (non-hydrogen) atoms. The van der Waals surface area contributed by atoms with E-state index in [0.717, 1.165) is 11.1 Å². The van der Waals surface area contributed by atoms with Crippen LogP contribution >= 0.6 is 11.6 Å². The van der Waals surface area contributed by atoms with Gasteiger partial charge in [-0.2, -0.15) is 0 Å². The van der Waals surface area contributed by atoms with E-state index in [9.17, 15) is 9.59 Å². The Morgan fingerprint density at radius 3 is 2.66 bits per heavy atom. The maximum atomic E-state index is 13.4. The first-order valence-corrected chi connectivity index (χ1v) is 11.6. The molecule has 1 atom stereocenters. The van der Waals surface area contributed by atoms with Crippen LogP contribution in [0.15, 0.2) is 65.1 Å². The van der Waals surface area contributed by atoms with Crippen LogP contribution in [0.2, 0.25) is 5.02 Å². The van der Waals surface area contributed by atoms with E-state index >= 15 is 0 Å². The van der Waals surface area contributed by atoms with Crippen molar-refractivity contribution < 1.29 is 23.5 Å². The molecule has 0 fully saturated rings. The zero-order chi connectivity index (χ0) is 24.7. The summed E-state index contributed by atoms with van der Waals surface area (Å²) in [5.41, 5.74) is 2.46. The molecule has 7 heteroatoms. The van der Waals surface area contributed by atoms with Gasteiger partial charge in [-0.1, -0.05) is 35.9 Å². The van der Waals surface area contributed by atoms with Gasteiger partial charge in [0.25, 0.3) is 5.91 Å². The average Bonchev–Trinajstić information content (AvgIpc) is 3.19. The maximum Gasteiger partial charge on any atom is 0.287 e. The highest BCUT2D eigenvalue weighted by Crippen LogP contribution is 2.44. The van der Waals surface area contributed by atoms with Crippen LogP contribution < -0.4 is 14.8 Å². The van der Waals surface area contributed by atoms with Gasteiger partial charge < -0.3 is 19.2 Å². The van der Waals surface area contributed by atoms with E-state index in [0.29, 0.717) is 45.2 Å². The van der Waals surface area contributed by atoms with Crippen molar-refractivity contribution in [3.63, 3.8) is 0 Å². The zero-order valence-electron chi connectivity index (χ0n) is 19.6. The zero-order valence-corrected chi connectivity index (χ0v) is 20.4. The van der Waals surface area contributed by atoms with E-state index in [1.54, 1.807) is 38.3 Å². The van der Waals surface area contributed by atoms with Crippen LogP contribution in [0.5, 0.6) is 11.5 Å². The highest BCUT2D eigenvalue weighted by Gasteiger charge is 2.40. The van der Waals surface area contributed by atoms with Gasteiger partial charge >= 0.3 is 0 Å². The molecule has 1 aromatic heterocycles. The van der Waals surface area contributed by atoms with Crippen molar-refractivity contribution in [3.8, 4) is 11.5 Å². The number of ether oxygens (including phenoxy) is 2. The van der Waals surface area contributed by atoms with Gasteiger partial charge in [-0.3, -0.25) is 9.59 Å². The Bertz CT molecular complexity index is 1460. The Balaban J connectivity index is 1.45. The first-order valence-electron chi connectivity index (χ1n) is 11.2. The number of carbonyl (C=O) groups excluding carboxylic acids is 2. The molecule has 5 rings (SSSR count). The predicted octanol–water partition coefficient (Wildman–Crippen LogP) is 6.21. The summed E-state index contributed by atoms with van der Waals surface area (Å²) in [5.74, 6) is 0.938. The average molecular weight is 490 g/mol. The second-order valence-corrected chi connectivity index (χ2v) is 9.28. The molecule has 0 bridgehead atoms. The number of hydrogen-bond donors (Lipinski definition) is 1. The van der Waals surface area contributed by atoms with Crippen LogP contribution in [0.25, 0.3) is 11.0 Å². The third kappa shape index (κ3) is 4.15. The van der Waals surface area contributed by atoms with Gasteiger partial charge in [0.1, 0.15) is 22.7 Å². The lowest BCUT2D eigenvalue weighted by Crippen LogP contribution is -2.36. The van der Waals surface area contributed by atoms with E-state index in [-0.39, 0.29) is 23.9 Å². The third-order valence-electron chi connectivity index (χ3n) is 6.42. The van der Waals surface area contributed by atoms with Gasteiger partial charge in [0.2, 0.25) is 0 Å². The molecule has 6 nitrogen and oxygen atoms in total. The van der Waals surface area contributed by atoms with Gasteiger partial charge in [0.05, 0.1) is 19.1 Å². The minimum Gasteiger partial charge on any atom is -0.497 e. The Labute approximate surface area is 207 Å². The molecule has 1 aliphatic heterocycles. The molecule has 1 aliphatic rings. The summed E-state index contributed by atoms with van der Waals surface area (Å²) < 4.78 is 17.5. The number of fused-ring (bicyclic) bond motifs is 3. The molecular weight excluding hydrogens is 466 g/mol. The van der Waals surface area contributed by atoms with Crippen molar-refractivity contribution in [2.75, 3.05) is 7.11 Å². The first kappa shape index (κ1) is 23.0. The summed E-state index contributed by atoms with van der Waals surface area (Å²) in [7, 11) is 1.60. The topological polar surface area (TPSA) is 77.8 Å². The summed E-state index contributed by atoms with van der Waals surface area (Å²) >= 11 is 6.03. The minimum absolute atomic E-state index is 0.0680. The second kappa shape index (κ2) is 8.78. The van der Waals surface area contributed by atoms with Crippen molar-refractivity contribution >= 4 is 34.3 Å². The Hall–Kier alpha value is -3.77. The normalized spacial score (nSPS) is 17.1. The summed E-state index contributed by atoms with van der Waals surface area (Å²) in [6.45, 7) is 3.99. The number of nitrogens with one attached hydrogen (secondary N) is 1. The molecule has 0 saturated carbocycles. The lowest BCUT2D eigenvalue weighted by Gasteiger charge is -2.35.